The fourth-order valence-electron chi connectivity index (χ4n) is 3.58. The van der Waals surface area contributed by atoms with Crippen molar-refractivity contribution in [1.82, 2.24) is 4.90 Å². The summed E-state index contributed by atoms with van der Waals surface area (Å²) in [4.78, 5) is 14.7. The fourth-order valence-corrected chi connectivity index (χ4v) is 3.58. The van der Waals surface area contributed by atoms with E-state index in [2.05, 4.69) is 12.1 Å². The van der Waals surface area contributed by atoms with Crippen molar-refractivity contribution in [3.05, 3.63) is 29.8 Å². The van der Waals surface area contributed by atoms with Gasteiger partial charge in [0.05, 0.1) is 12.6 Å². The highest BCUT2D eigenvalue weighted by atomic mass is 16.5. The number of carbonyl (C=O) groups is 1. The Morgan fingerprint density at radius 3 is 2.65 bits per heavy atom. The number of methoxy groups -OCH3 is 1. The van der Waals surface area contributed by atoms with E-state index in [-0.39, 0.29) is 5.91 Å². The highest BCUT2D eigenvalue weighted by Gasteiger charge is 2.39. The van der Waals surface area contributed by atoms with E-state index in [4.69, 9.17) is 15.2 Å². The summed E-state index contributed by atoms with van der Waals surface area (Å²) < 4.78 is 10.6. The number of likely N-dealkylation sites (tertiary alicyclic amines) is 1. The van der Waals surface area contributed by atoms with Gasteiger partial charge in [-0.05, 0) is 49.3 Å². The standard InChI is InChI=1S/C18H26N2O3/c1-22-16-4-2-3-15(13-16)14-5-9-20(10-6-14)17(21)18(19)7-11-23-12-8-18/h2-4,13-14H,5-12,19H2,1H3. The Bertz CT molecular complexity index is 547. The second-order valence-corrected chi connectivity index (χ2v) is 6.61. The lowest BCUT2D eigenvalue weighted by molar-refractivity contribution is -0.141. The van der Waals surface area contributed by atoms with E-state index in [1.807, 2.05) is 17.0 Å². The van der Waals surface area contributed by atoms with Crippen molar-refractivity contribution in [2.45, 2.75) is 37.1 Å². The number of nitrogens with zero attached hydrogens (tertiary/aromatic N) is 1. The highest BCUT2D eigenvalue weighted by Crippen LogP contribution is 2.31. The molecule has 23 heavy (non-hydrogen) atoms. The first kappa shape index (κ1) is 16.3. The maximum absolute atomic E-state index is 12.7. The molecule has 126 valence electrons. The molecule has 0 atom stereocenters. The lowest BCUT2D eigenvalue weighted by atomic mass is 9.86. The molecule has 1 aromatic rings. The molecule has 0 saturated carbocycles. The first-order valence-corrected chi connectivity index (χ1v) is 8.42. The average Bonchev–Trinajstić information content (AvgIpc) is 2.62. The van der Waals surface area contributed by atoms with Gasteiger partial charge in [-0.15, -0.1) is 0 Å². The van der Waals surface area contributed by atoms with Crippen LogP contribution in [0.25, 0.3) is 0 Å². The van der Waals surface area contributed by atoms with Gasteiger partial charge < -0.3 is 20.1 Å². The number of nitrogens with two attached hydrogens (primary N) is 1. The van der Waals surface area contributed by atoms with Crippen LogP contribution in [-0.2, 0) is 9.53 Å². The van der Waals surface area contributed by atoms with Crippen LogP contribution in [0, 0.1) is 0 Å². The second-order valence-electron chi connectivity index (χ2n) is 6.61. The number of piperidine rings is 1. The maximum Gasteiger partial charge on any atom is 0.242 e. The summed E-state index contributed by atoms with van der Waals surface area (Å²) in [5.74, 6) is 1.48. The van der Waals surface area contributed by atoms with Crippen molar-refractivity contribution < 1.29 is 14.3 Å². The molecular formula is C18H26N2O3. The Hall–Kier alpha value is -1.59. The fraction of sp³-hybridized carbons (Fsp3) is 0.611. The summed E-state index contributed by atoms with van der Waals surface area (Å²) >= 11 is 0. The smallest absolute Gasteiger partial charge is 0.242 e. The summed E-state index contributed by atoms with van der Waals surface area (Å²) in [6.07, 6.45) is 3.21. The van der Waals surface area contributed by atoms with Crippen molar-refractivity contribution in [2.75, 3.05) is 33.4 Å². The normalized spacial score (nSPS) is 21.9. The van der Waals surface area contributed by atoms with E-state index < -0.39 is 5.54 Å². The summed E-state index contributed by atoms with van der Waals surface area (Å²) in [7, 11) is 1.69. The zero-order valence-electron chi connectivity index (χ0n) is 13.8. The zero-order chi connectivity index (χ0) is 16.3. The van der Waals surface area contributed by atoms with Crippen molar-refractivity contribution in [1.29, 1.82) is 0 Å². The molecule has 1 amide bonds. The third kappa shape index (κ3) is 3.51. The van der Waals surface area contributed by atoms with Crippen LogP contribution in [0.3, 0.4) is 0 Å². The molecule has 3 rings (SSSR count). The number of amides is 1. The average molecular weight is 318 g/mol. The molecule has 2 fully saturated rings. The first-order valence-electron chi connectivity index (χ1n) is 8.42. The van der Waals surface area contributed by atoms with Gasteiger partial charge in [-0.1, -0.05) is 12.1 Å². The van der Waals surface area contributed by atoms with Crippen molar-refractivity contribution >= 4 is 5.91 Å². The Labute approximate surface area is 137 Å². The van der Waals surface area contributed by atoms with Gasteiger partial charge in [-0.3, -0.25) is 4.79 Å². The van der Waals surface area contributed by atoms with Crippen LogP contribution >= 0.6 is 0 Å². The molecule has 2 heterocycles. The van der Waals surface area contributed by atoms with Gasteiger partial charge in [0.15, 0.2) is 0 Å². The molecule has 2 saturated heterocycles. The van der Waals surface area contributed by atoms with Gasteiger partial charge >= 0.3 is 0 Å². The monoisotopic (exact) mass is 318 g/mol. The number of ether oxygens (including phenoxy) is 2. The number of carbonyl (C=O) groups excluding carboxylic acids is 1. The number of hydrogen-bond donors (Lipinski definition) is 1. The van der Waals surface area contributed by atoms with Crippen LogP contribution in [0.2, 0.25) is 0 Å². The molecular weight excluding hydrogens is 292 g/mol. The predicted octanol–water partition coefficient (Wildman–Crippen LogP) is 1.91. The number of rotatable bonds is 3. The summed E-state index contributed by atoms with van der Waals surface area (Å²) in [5.41, 5.74) is 6.90. The number of hydrogen-bond acceptors (Lipinski definition) is 4. The summed E-state index contributed by atoms with van der Waals surface area (Å²) in [5, 5.41) is 0. The molecule has 0 spiro atoms. The van der Waals surface area contributed by atoms with Crippen molar-refractivity contribution in [3.63, 3.8) is 0 Å². The molecule has 2 aliphatic rings. The van der Waals surface area contributed by atoms with E-state index in [1.165, 1.54) is 5.56 Å². The van der Waals surface area contributed by atoms with Crippen LogP contribution < -0.4 is 10.5 Å². The Morgan fingerprint density at radius 1 is 1.30 bits per heavy atom. The quantitative estimate of drug-likeness (QED) is 0.924. The molecule has 2 N–H and O–H groups in total. The van der Waals surface area contributed by atoms with Crippen molar-refractivity contribution in [2.24, 2.45) is 5.73 Å². The Balaban J connectivity index is 1.60. The van der Waals surface area contributed by atoms with E-state index in [1.54, 1.807) is 7.11 Å². The molecule has 0 unspecified atom stereocenters. The molecule has 5 nitrogen and oxygen atoms in total. The minimum absolute atomic E-state index is 0.102. The van der Waals surface area contributed by atoms with Gasteiger partial charge in [-0.2, -0.15) is 0 Å². The molecule has 0 bridgehead atoms. The largest absolute Gasteiger partial charge is 0.497 e. The summed E-state index contributed by atoms with van der Waals surface area (Å²) in [6, 6.07) is 8.24. The maximum atomic E-state index is 12.7. The van der Waals surface area contributed by atoms with Gasteiger partial charge in [0.25, 0.3) is 0 Å². The van der Waals surface area contributed by atoms with Gasteiger partial charge in [0, 0.05) is 26.3 Å². The molecule has 0 aliphatic carbocycles. The topological polar surface area (TPSA) is 64.8 Å². The lowest BCUT2D eigenvalue weighted by Gasteiger charge is -2.40. The highest BCUT2D eigenvalue weighted by molar-refractivity contribution is 5.86. The predicted molar refractivity (Wildman–Crippen MR) is 88.5 cm³/mol. The molecule has 2 aliphatic heterocycles. The molecule has 0 radical (unpaired) electrons. The Morgan fingerprint density at radius 2 is 2.00 bits per heavy atom. The van der Waals surface area contributed by atoms with E-state index in [9.17, 15) is 4.79 Å². The van der Waals surface area contributed by atoms with E-state index in [0.29, 0.717) is 32.0 Å². The molecule has 0 aromatic heterocycles. The van der Waals surface area contributed by atoms with E-state index >= 15 is 0 Å². The Kier molecular flexibility index (Phi) is 4.87. The second kappa shape index (κ2) is 6.89. The summed E-state index contributed by atoms with van der Waals surface area (Å²) in [6.45, 7) is 2.73. The van der Waals surface area contributed by atoms with Crippen LogP contribution in [0.1, 0.15) is 37.2 Å². The minimum Gasteiger partial charge on any atom is -0.497 e. The third-order valence-electron chi connectivity index (χ3n) is 5.16. The van der Waals surface area contributed by atoms with Crippen molar-refractivity contribution in [3.8, 4) is 5.75 Å². The van der Waals surface area contributed by atoms with Crippen LogP contribution in [0.15, 0.2) is 24.3 Å². The van der Waals surface area contributed by atoms with Crippen LogP contribution in [-0.4, -0.2) is 49.8 Å². The van der Waals surface area contributed by atoms with Crippen LogP contribution in [0.4, 0.5) is 0 Å². The van der Waals surface area contributed by atoms with Gasteiger partial charge in [0.1, 0.15) is 5.75 Å². The minimum atomic E-state index is -0.721. The first-order chi connectivity index (χ1) is 11.1. The third-order valence-corrected chi connectivity index (χ3v) is 5.16. The molecule has 5 heteroatoms. The lowest BCUT2D eigenvalue weighted by Crippen LogP contribution is -2.59. The zero-order valence-corrected chi connectivity index (χ0v) is 13.8. The van der Waals surface area contributed by atoms with Gasteiger partial charge in [0.2, 0.25) is 5.91 Å². The molecule has 1 aromatic carbocycles. The SMILES string of the molecule is COc1cccc(C2CCN(C(=O)C3(N)CCOCC3)CC2)c1. The number of benzene rings is 1. The van der Waals surface area contributed by atoms with Gasteiger partial charge in [-0.25, -0.2) is 0 Å². The van der Waals surface area contributed by atoms with Crippen LogP contribution in [0.5, 0.6) is 5.75 Å². The van der Waals surface area contributed by atoms with E-state index in [0.717, 1.165) is 31.7 Å².